The molecule has 0 radical (unpaired) electrons. The van der Waals surface area contributed by atoms with E-state index in [1.807, 2.05) is 0 Å². The second kappa shape index (κ2) is 9.21. The zero-order valence-corrected chi connectivity index (χ0v) is 15.1. The smallest absolute Gasteiger partial charge is 0.0360 e. The van der Waals surface area contributed by atoms with Gasteiger partial charge in [-0.2, -0.15) is 0 Å². The fourth-order valence-corrected chi connectivity index (χ4v) is 4.78. The first-order chi connectivity index (χ1) is 10.2. The van der Waals surface area contributed by atoms with Gasteiger partial charge in [0.05, 0.1) is 0 Å². The standard InChI is InChI=1S/C21H40/c1-4-5-10-19(14-15-20-11-6-7-12-20)13-8-9-17(2)21-16-18(21)3/h17-21H,4-16H2,1-3H3. The fourth-order valence-electron chi connectivity index (χ4n) is 4.78. The molecule has 0 aromatic heterocycles. The van der Waals surface area contributed by atoms with E-state index in [0.717, 1.165) is 29.6 Å². The van der Waals surface area contributed by atoms with Crippen LogP contribution in [0.5, 0.6) is 0 Å². The van der Waals surface area contributed by atoms with Crippen molar-refractivity contribution in [2.75, 3.05) is 0 Å². The maximum Gasteiger partial charge on any atom is -0.0360 e. The summed E-state index contributed by atoms with van der Waals surface area (Å²) in [6.45, 7) is 7.30. The van der Waals surface area contributed by atoms with Crippen LogP contribution in [0.25, 0.3) is 0 Å². The maximum absolute atomic E-state index is 2.51. The molecule has 2 rings (SSSR count). The average molecular weight is 293 g/mol. The second-order valence-electron chi connectivity index (χ2n) is 8.52. The van der Waals surface area contributed by atoms with Gasteiger partial charge >= 0.3 is 0 Å². The van der Waals surface area contributed by atoms with Gasteiger partial charge in [-0.15, -0.1) is 0 Å². The summed E-state index contributed by atoms with van der Waals surface area (Å²) in [6, 6.07) is 0. The third kappa shape index (κ3) is 6.33. The molecule has 0 spiro atoms. The molecule has 0 bridgehead atoms. The van der Waals surface area contributed by atoms with Crippen LogP contribution in [-0.4, -0.2) is 0 Å². The molecular formula is C21H40. The van der Waals surface area contributed by atoms with Crippen molar-refractivity contribution in [1.29, 1.82) is 0 Å². The normalized spacial score (nSPS) is 28.7. The Balaban J connectivity index is 1.60. The van der Waals surface area contributed by atoms with Gasteiger partial charge in [0, 0.05) is 0 Å². The fraction of sp³-hybridized carbons (Fsp3) is 1.00. The number of unbranched alkanes of at least 4 members (excludes halogenated alkanes) is 1. The Kier molecular flexibility index (Phi) is 7.61. The van der Waals surface area contributed by atoms with Crippen LogP contribution in [0.1, 0.15) is 104 Å². The SMILES string of the molecule is CCCCC(CCCC(C)C1CC1C)CCC1CCCC1. The van der Waals surface area contributed by atoms with Gasteiger partial charge in [0.2, 0.25) is 0 Å². The molecule has 2 fully saturated rings. The molecule has 0 N–H and O–H groups in total. The van der Waals surface area contributed by atoms with E-state index in [4.69, 9.17) is 0 Å². The lowest BCUT2D eigenvalue weighted by Gasteiger charge is -2.20. The van der Waals surface area contributed by atoms with E-state index in [1.54, 1.807) is 12.8 Å². The van der Waals surface area contributed by atoms with Gasteiger partial charge < -0.3 is 0 Å². The maximum atomic E-state index is 2.51. The monoisotopic (exact) mass is 292 g/mol. The van der Waals surface area contributed by atoms with Crippen LogP contribution in [0.4, 0.5) is 0 Å². The minimum atomic E-state index is 1.00. The molecule has 0 aromatic carbocycles. The van der Waals surface area contributed by atoms with Crippen LogP contribution in [0, 0.1) is 29.6 Å². The lowest BCUT2D eigenvalue weighted by molar-refractivity contribution is 0.328. The van der Waals surface area contributed by atoms with Crippen molar-refractivity contribution < 1.29 is 0 Å². The summed E-state index contributed by atoms with van der Waals surface area (Å²) in [5.41, 5.74) is 0. The molecule has 4 unspecified atom stereocenters. The summed E-state index contributed by atoms with van der Waals surface area (Å²) in [5.74, 6) is 5.27. The number of hydrogen-bond donors (Lipinski definition) is 0. The Labute approximate surface area is 134 Å². The van der Waals surface area contributed by atoms with Gasteiger partial charge in [0.1, 0.15) is 0 Å². The summed E-state index contributed by atoms with van der Waals surface area (Å²) in [7, 11) is 0. The highest BCUT2D eigenvalue weighted by Crippen LogP contribution is 2.45. The van der Waals surface area contributed by atoms with E-state index in [0.29, 0.717) is 0 Å². The summed E-state index contributed by atoms with van der Waals surface area (Å²) in [5, 5.41) is 0. The van der Waals surface area contributed by atoms with Crippen LogP contribution in [-0.2, 0) is 0 Å². The first-order valence-electron chi connectivity index (χ1n) is 10.2. The van der Waals surface area contributed by atoms with Crippen LogP contribution >= 0.6 is 0 Å². The Hall–Kier alpha value is 0. The molecule has 4 atom stereocenters. The summed E-state index contributed by atoms with van der Waals surface area (Å²) in [6.07, 6.45) is 19.6. The lowest BCUT2D eigenvalue weighted by Crippen LogP contribution is -2.06. The first-order valence-corrected chi connectivity index (χ1v) is 10.2. The summed E-state index contributed by atoms with van der Waals surface area (Å²) in [4.78, 5) is 0. The molecule has 0 heterocycles. The zero-order chi connectivity index (χ0) is 15.1. The molecule has 124 valence electrons. The molecule has 0 aromatic rings. The van der Waals surface area contributed by atoms with E-state index in [1.165, 1.54) is 70.6 Å². The summed E-state index contributed by atoms with van der Waals surface area (Å²) >= 11 is 0. The zero-order valence-electron chi connectivity index (χ0n) is 15.1. The summed E-state index contributed by atoms with van der Waals surface area (Å²) < 4.78 is 0. The topological polar surface area (TPSA) is 0 Å². The number of hydrogen-bond acceptors (Lipinski definition) is 0. The van der Waals surface area contributed by atoms with E-state index < -0.39 is 0 Å². The molecule has 0 saturated heterocycles. The highest BCUT2D eigenvalue weighted by Gasteiger charge is 2.36. The molecule has 0 aliphatic heterocycles. The van der Waals surface area contributed by atoms with Gasteiger partial charge in [-0.05, 0) is 36.0 Å². The van der Waals surface area contributed by atoms with Gasteiger partial charge in [-0.25, -0.2) is 0 Å². The quantitative estimate of drug-likeness (QED) is 0.377. The minimum absolute atomic E-state index is 1.00. The van der Waals surface area contributed by atoms with Gasteiger partial charge in [0.15, 0.2) is 0 Å². The molecule has 0 amide bonds. The van der Waals surface area contributed by atoms with Crippen molar-refractivity contribution in [3.8, 4) is 0 Å². The highest BCUT2D eigenvalue weighted by molar-refractivity contribution is 4.86. The first kappa shape index (κ1) is 17.4. The predicted octanol–water partition coefficient (Wildman–Crippen LogP) is 7.23. The minimum Gasteiger partial charge on any atom is -0.0654 e. The lowest BCUT2D eigenvalue weighted by atomic mass is 9.86. The van der Waals surface area contributed by atoms with Crippen molar-refractivity contribution in [2.45, 2.75) is 104 Å². The third-order valence-electron chi connectivity index (χ3n) is 6.60. The van der Waals surface area contributed by atoms with Crippen molar-refractivity contribution in [2.24, 2.45) is 29.6 Å². The van der Waals surface area contributed by atoms with Gasteiger partial charge in [0.25, 0.3) is 0 Å². The average Bonchev–Trinajstić information content (AvgIpc) is 3.00. The molecule has 21 heavy (non-hydrogen) atoms. The Morgan fingerprint density at radius 1 is 0.952 bits per heavy atom. The van der Waals surface area contributed by atoms with Crippen molar-refractivity contribution in [1.82, 2.24) is 0 Å². The third-order valence-corrected chi connectivity index (χ3v) is 6.60. The molecule has 0 heteroatoms. The van der Waals surface area contributed by atoms with Gasteiger partial charge in [-0.1, -0.05) is 97.8 Å². The van der Waals surface area contributed by atoms with Crippen molar-refractivity contribution in [3.05, 3.63) is 0 Å². The van der Waals surface area contributed by atoms with Crippen LogP contribution in [0.15, 0.2) is 0 Å². The van der Waals surface area contributed by atoms with Crippen molar-refractivity contribution >= 4 is 0 Å². The second-order valence-corrected chi connectivity index (χ2v) is 8.52. The molecular weight excluding hydrogens is 252 g/mol. The van der Waals surface area contributed by atoms with Crippen molar-refractivity contribution in [3.63, 3.8) is 0 Å². The van der Waals surface area contributed by atoms with E-state index >= 15 is 0 Å². The van der Waals surface area contributed by atoms with Crippen LogP contribution in [0.3, 0.4) is 0 Å². The number of rotatable bonds is 11. The predicted molar refractivity (Wildman–Crippen MR) is 94.5 cm³/mol. The van der Waals surface area contributed by atoms with E-state index in [9.17, 15) is 0 Å². The Bertz CT molecular complexity index is 263. The highest BCUT2D eigenvalue weighted by atomic mass is 14.4. The molecule has 2 saturated carbocycles. The van der Waals surface area contributed by atoms with E-state index in [2.05, 4.69) is 20.8 Å². The van der Waals surface area contributed by atoms with Crippen LogP contribution in [0.2, 0.25) is 0 Å². The van der Waals surface area contributed by atoms with Gasteiger partial charge in [-0.3, -0.25) is 0 Å². The Morgan fingerprint density at radius 2 is 1.62 bits per heavy atom. The molecule has 2 aliphatic rings. The Morgan fingerprint density at radius 3 is 2.24 bits per heavy atom. The largest absolute Gasteiger partial charge is 0.0654 e. The molecule has 0 nitrogen and oxygen atoms in total. The van der Waals surface area contributed by atoms with Crippen LogP contribution < -0.4 is 0 Å². The van der Waals surface area contributed by atoms with E-state index in [-0.39, 0.29) is 0 Å². The molecule has 2 aliphatic carbocycles.